The Balaban J connectivity index is 1.89. The molecule has 0 spiro atoms. The minimum absolute atomic E-state index is 0.330. The molecule has 2 heteroatoms. The van der Waals surface area contributed by atoms with Gasteiger partial charge in [-0.2, -0.15) is 0 Å². The Morgan fingerprint density at radius 2 is 1.95 bits per heavy atom. The van der Waals surface area contributed by atoms with Gasteiger partial charge in [-0.3, -0.25) is 0 Å². The number of rotatable bonds is 7. The number of ether oxygens (including phenoxy) is 1. The molecule has 0 saturated heterocycles. The maximum Gasteiger partial charge on any atom is 0.0794 e. The van der Waals surface area contributed by atoms with Gasteiger partial charge in [-0.25, -0.2) is 0 Å². The predicted octanol–water partition coefficient (Wildman–Crippen LogP) is 4.03. The van der Waals surface area contributed by atoms with Crippen molar-refractivity contribution >= 4 is 0 Å². The average molecular weight is 273 g/mol. The second-order valence-electron chi connectivity index (χ2n) is 6.33. The van der Waals surface area contributed by atoms with Gasteiger partial charge in [0, 0.05) is 7.11 Å². The standard InChI is InChI=1S/C18H27NO/c1-3-19-17(18(20-2)14-11-12-14)16-10-5-4-9-15(16)13-7-6-8-13/h4-5,9-10,13-14,17-19H,3,6-8,11-12H2,1-2H3. The summed E-state index contributed by atoms with van der Waals surface area (Å²) in [5.74, 6) is 1.53. The van der Waals surface area contributed by atoms with Crippen molar-refractivity contribution in [3.63, 3.8) is 0 Å². The van der Waals surface area contributed by atoms with Crippen molar-refractivity contribution in [3.05, 3.63) is 35.4 Å². The molecule has 0 radical (unpaired) electrons. The van der Waals surface area contributed by atoms with Crippen molar-refractivity contribution in [3.8, 4) is 0 Å². The van der Waals surface area contributed by atoms with Gasteiger partial charge in [0.05, 0.1) is 12.1 Å². The van der Waals surface area contributed by atoms with Crippen LogP contribution in [0.5, 0.6) is 0 Å². The van der Waals surface area contributed by atoms with E-state index in [-0.39, 0.29) is 0 Å². The number of benzene rings is 1. The van der Waals surface area contributed by atoms with Gasteiger partial charge in [0.25, 0.3) is 0 Å². The molecule has 1 aromatic carbocycles. The third kappa shape index (κ3) is 2.77. The van der Waals surface area contributed by atoms with Crippen LogP contribution in [-0.4, -0.2) is 19.8 Å². The summed E-state index contributed by atoms with van der Waals surface area (Å²) in [5.41, 5.74) is 3.05. The van der Waals surface area contributed by atoms with Crippen LogP contribution in [0.2, 0.25) is 0 Å². The number of nitrogens with one attached hydrogen (secondary N) is 1. The van der Waals surface area contributed by atoms with Crippen LogP contribution in [0.4, 0.5) is 0 Å². The van der Waals surface area contributed by atoms with Gasteiger partial charge in [0.15, 0.2) is 0 Å². The Kier molecular flexibility index (Phi) is 4.42. The van der Waals surface area contributed by atoms with Crippen molar-refractivity contribution in [2.45, 2.75) is 57.1 Å². The third-order valence-corrected chi connectivity index (χ3v) is 4.99. The molecule has 2 aliphatic carbocycles. The zero-order valence-electron chi connectivity index (χ0n) is 12.8. The van der Waals surface area contributed by atoms with E-state index in [0.717, 1.165) is 18.4 Å². The van der Waals surface area contributed by atoms with E-state index >= 15 is 0 Å². The Morgan fingerprint density at radius 3 is 2.50 bits per heavy atom. The topological polar surface area (TPSA) is 21.3 Å². The maximum absolute atomic E-state index is 5.87. The van der Waals surface area contributed by atoms with Crippen LogP contribution in [0.25, 0.3) is 0 Å². The molecule has 2 aliphatic rings. The van der Waals surface area contributed by atoms with E-state index in [9.17, 15) is 0 Å². The summed E-state index contributed by atoms with van der Waals surface area (Å²) in [7, 11) is 1.87. The van der Waals surface area contributed by atoms with Crippen LogP contribution >= 0.6 is 0 Å². The van der Waals surface area contributed by atoms with Crippen molar-refractivity contribution in [1.82, 2.24) is 5.32 Å². The lowest BCUT2D eigenvalue weighted by atomic mass is 9.76. The zero-order valence-corrected chi connectivity index (χ0v) is 12.8. The average Bonchev–Trinajstić information content (AvgIpc) is 3.22. The molecule has 1 aromatic rings. The van der Waals surface area contributed by atoms with Crippen molar-refractivity contribution in [1.29, 1.82) is 0 Å². The summed E-state index contributed by atoms with van der Waals surface area (Å²) >= 11 is 0. The molecule has 2 fully saturated rings. The van der Waals surface area contributed by atoms with E-state index in [2.05, 4.69) is 36.5 Å². The lowest BCUT2D eigenvalue weighted by Crippen LogP contribution is -2.35. The molecule has 2 unspecified atom stereocenters. The van der Waals surface area contributed by atoms with E-state index in [1.165, 1.54) is 37.7 Å². The monoisotopic (exact) mass is 273 g/mol. The summed E-state index contributed by atoms with van der Waals surface area (Å²) in [5, 5.41) is 3.69. The highest BCUT2D eigenvalue weighted by Crippen LogP contribution is 2.44. The van der Waals surface area contributed by atoms with Gasteiger partial charge < -0.3 is 10.1 Å². The highest BCUT2D eigenvalue weighted by Gasteiger charge is 2.38. The molecular weight excluding hydrogens is 246 g/mol. The van der Waals surface area contributed by atoms with Gasteiger partial charge in [-0.05, 0) is 55.2 Å². The molecule has 0 aromatic heterocycles. The smallest absolute Gasteiger partial charge is 0.0794 e. The molecule has 0 aliphatic heterocycles. The maximum atomic E-state index is 5.87. The van der Waals surface area contributed by atoms with Gasteiger partial charge in [0.1, 0.15) is 0 Å². The fraction of sp³-hybridized carbons (Fsp3) is 0.667. The minimum Gasteiger partial charge on any atom is -0.379 e. The quantitative estimate of drug-likeness (QED) is 0.810. The van der Waals surface area contributed by atoms with E-state index < -0.39 is 0 Å². The van der Waals surface area contributed by atoms with Crippen molar-refractivity contribution in [2.24, 2.45) is 5.92 Å². The molecule has 20 heavy (non-hydrogen) atoms. The highest BCUT2D eigenvalue weighted by atomic mass is 16.5. The van der Waals surface area contributed by atoms with Gasteiger partial charge >= 0.3 is 0 Å². The largest absolute Gasteiger partial charge is 0.379 e. The van der Waals surface area contributed by atoms with Crippen LogP contribution in [0.1, 0.15) is 62.1 Å². The summed E-state index contributed by atoms with van der Waals surface area (Å²) in [6.07, 6.45) is 7.09. The summed E-state index contributed by atoms with van der Waals surface area (Å²) in [4.78, 5) is 0. The first-order chi connectivity index (χ1) is 9.85. The van der Waals surface area contributed by atoms with Crippen LogP contribution in [0, 0.1) is 5.92 Å². The Labute approximate surface area is 122 Å². The molecule has 2 nitrogen and oxygen atoms in total. The second kappa shape index (κ2) is 6.28. The van der Waals surface area contributed by atoms with Crippen LogP contribution in [-0.2, 0) is 4.74 Å². The minimum atomic E-state index is 0.330. The number of likely N-dealkylation sites (N-methyl/N-ethyl adjacent to an activating group) is 1. The Hall–Kier alpha value is -0.860. The third-order valence-electron chi connectivity index (χ3n) is 4.99. The lowest BCUT2D eigenvalue weighted by Gasteiger charge is -2.33. The van der Waals surface area contributed by atoms with Crippen LogP contribution in [0.15, 0.2) is 24.3 Å². The SMILES string of the molecule is CCNC(c1ccccc1C1CCC1)C(OC)C1CC1. The van der Waals surface area contributed by atoms with Crippen molar-refractivity contribution in [2.75, 3.05) is 13.7 Å². The summed E-state index contributed by atoms with van der Waals surface area (Å²) < 4.78 is 5.87. The zero-order chi connectivity index (χ0) is 13.9. The number of hydrogen-bond donors (Lipinski definition) is 1. The fourth-order valence-electron chi connectivity index (χ4n) is 3.53. The molecular formula is C18H27NO. The summed E-state index contributed by atoms with van der Waals surface area (Å²) in [6.45, 7) is 3.19. The molecule has 2 saturated carbocycles. The Morgan fingerprint density at radius 1 is 1.20 bits per heavy atom. The van der Waals surface area contributed by atoms with E-state index in [1.807, 2.05) is 7.11 Å². The molecule has 110 valence electrons. The molecule has 3 rings (SSSR count). The van der Waals surface area contributed by atoms with E-state index in [0.29, 0.717) is 12.1 Å². The highest BCUT2D eigenvalue weighted by molar-refractivity contribution is 5.35. The van der Waals surface area contributed by atoms with E-state index in [1.54, 1.807) is 5.56 Å². The summed E-state index contributed by atoms with van der Waals surface area (Å²) in [6, 6.07) is 9.38. The first-order valence-electron chi connectivity index (χ1n) is 8.20. The molecule has 1 N–H and O–H groups in total. The molecule has 0 heterocycles. The van der Waals surface area contributed by atoms with Crippen LogP contribution < -0.4 is 5.32 Å². The normalized spacial score (nSPS) is 22.3. The predicted molar refractivity (Wildman–Crippen MR) is 83.0 cm³/mol. The van der Waals surface area contributed by atoms with Gasteiger partial charge in [-0.1, -0.05) is 37.6 Å². The van der Waals surface area contributed by atoms with Gasteiger partial charge in [-0.15, -0.1) is 0 Å². The van der Waals surface area contributed by atoms with E-state index in [4.69, 9.17) is 4.74 Å². The van der Waals surface area contributed by atoms with Crippen molar-refractivity contribution < 1.29 is 4.74 Å². The Bertz CT molecular complexity index is 437. The lowest BCUT2D eigenvalue weighted by molar-refractivity contribution is 0.0506. The molecule has 2 atom stereocenters. The molecule has 0 amide bonds. The van der Waals surface area contributed by atoms with Crippen LogP contribution in [0.3, 0.4) is 0 Å². The first-order valence-corrected chi connectivity index (χ1v) is 8.20. The number of hydrogen-bond acceptors (Lipinski definition) is 2. The fourth-order valence-corrected chi connectivity index (χ4v) is 3.53. The molecule has 0 bridgehead atoms. The van der Waals surface area contributed by atoms with Gasteiger partial charge in [0.2, 0.25) is 0 Å². The second-order valence-corrected chi connectivity index (χ2v) is 6.33. The number of methoxy groups -OCH3 is 1. The first kappa shape index (κ1) is 14.1.